The molecule has 2 N–H and O–H groups in total. The molecular formula is C12H18N2O2. The van der Waals surface area contributed by atoms with Crippen LogP contribution in [0, 0.1) is 0 Å². The number of ether oxygens (including phenoxy) is 2. The number of benzene rings is 1. The molecule has 0 unspecified atom stereocenters. The Hall–Kier alpha value is -0.940. The predicted octanol–water partition coefficient (Wildman–Crippen LogP) is 0.696. The average molecular weight is 222 g/mol. The lowest BCUT2D eigenvalue weighted by atomic mass is 10.2. The molecule has 4 heteroatoms. The quantitative estimate of drug-likeness (QED) is 0.695. The first-order valence-corrected chi connectivity index (χ1v) is 5.64. The Bertz CT molecular complexity index is 286. The van der Waals surface area contributed by atoms with Crippen LogP contribution < -0.4 is 10.9 Å². The summed E-state index contributed by atoms with van der Waals surface area (Å²) in [7, 11) is 0. The van der Waals surface area contributed by atoms with Gasteiger partial charge in [-0.15, -0.1) is 0 Å². The van der Waals surface area contributed by atoms with Gasteiger partial charge in [-0.2, -0.15) is 0 Å². The van der Waals surface area contributed by atoms with Gasteiger partial charge in [0.05, 0.1) is 25.9 Å². The standard InChI is InChI=1S/C12H18N2O2/c1-2-4-11(5-3-1)10-15-6-7-16-12-8-13-14-9-12/h1-5,12-14H,6-10H2. The van der Waals surface area contributed by atoms with Gasteiger partial charge in [-0.3, -0.25) is 10.9 Å². The fourth-order valence-corrected chi connectivity index (χ4v) is 1.60. The van der Waals surface area contributed by atoms with Crippen LogP contribution in [0.15, 0.2) is 30.3 Å². The molecule has 0 atom stereocenters. The van der Waals surface area contributed by atoms with Crippen LogP contribution in [-0.4, -0.2) is 32.4 Å². The molecule has 0 spiro atoms. The molecule has 0 radical (unpaired) electrons. The van der Waals surface area contributed by atoms with E-state index in [2.05, 4.69) is 23.0 Å². The zero-order valence-corrected chi connectivity index (χ0v) is 9.32. The van der Waals surface area contributed by atoms with E-state index in [0.29, 0.717) is 19.8 Å². The highest BCUT2D eigenvalue weighted by atomic mass is 16.5. The van der Waals surface area contributed by atoms with Crippen molar-refractivity contribution in [3.8, 4) is 0 Å². The topological polar surface area (TPSA) is 42.5 Å². The molecule has 1 heterocycles. The van der Waals surface area contributed by atoms with Gasteiger partial charge in [0.25, 0.3) is 0 Å². The van der Waals surface area contributed by atoms with Crippen molar-refractivity contribution in [1.82, 2.24) is 10.9 Å². The zero-order chi connectivity index (χ0) is 11.1. The van der Waals surface area contributed by atoms with Gasteiger partial charge in [-0.05, 0) is 5.56 Å². The van der Waals surface area contributed by atoms with Crippen LogP contribution in [0.25, 0.3) is 0 Å². The second kappa shape index (κ2) is 6.60. The fourth-order valence-electron chi connectivity index (χ4n) is 1.60. The van der Waals surface area contributed by atoms with Crippen LogP contribution in [0.4, 0.5) is 0 Å². The smallest absolute Gasteiger partial charge is 0.0852 e. The minimum absolute atomic E-state index is 0.278. The summed E-state index contributed by atoms with van der Waals surface area (Å²) in [5.74, 6) is 0. The van der Waals surface area contributed by atoms with Crippen molar-refractivity contribution in [2.45, 2.75) is 12.7 Å². The number of rotatable bonds is 6. The minimum atomic E-state index is 0.278. The third-order valence-electron chi connectivity index (χ3n) is 2.48. The number of hydrogen-bond acceptors (Lipinski definition) is 4. The largest absolute Gasteiger partial charge is 0.374 e. The Morgan fingerprint density at radius 1 is 1.06 bits per heavy atom. The first-order chi connectivity index (χ1) is 7.95. The summed E-state index contributed by atoms with van der Waals surface area (Å²) in [6.45, 7) is 3.70. The second-order valence-electron chi connectivity index (χ2n) is 3.79. The summed E-state index contributed by atoms with van der Waals surface area (Å²) in [4.78, 5) is 0. The summed E-state index contributed by atoms with van der Waals surface area (Å²) in [5, 5.41) is 0. The summed E-state index contributed by atoms with van der Waals surface area (Å²) < 4.78 is 11.1. The molecule has 88 valence electrons. The van der Waals surface area contributed by atoms with E-state index >= 15 is 0 Å². The Balaban J connectivity index is 1.52. The second-order valence-corrected chi connectivity index (χ2v) is 3.79. The number of hydrazine groups is 1. The zero-order valence-electron chi connectivity index (χ0n) is 9.32. The molecular weight excluding hydrogens is 204 g/mol. The molecule has 0 saturated carbocycles. The van der Waals surface area contributed by atoms with E-state index in [1.807, 2.05) is 18.2 Å². The normalized spacial score (nSPS) is 16.8. The minimum Gasteiger partial charge on any atom is -0.374 e. The van der Waals surface area contributed by atoms with Crippen molar-refractivity contribution < 1.29 is 9.47 Å². The molecule has 1 fully saturated rings. The third-order valence-corrected chi connectivity index (χ3v) is 2.48. The van der Waals surface area contributed by atoms with Crippen molar-refractivity contribution in [2.75, 3.05) is 26.3 Å². The van der Waals surface area contributed by atoms with E-state index in [-0.39, 0.29) is 6.10 Å². The average Bonchev–Trinajstić information content (AvgIpc) is 2.83. The van der Waals surface area contributed by atoms with E-state index in [1.165, 1.54) is 5.56 Å². The molecule has 4 nitrogen and oxygen atoms in total. The van der Waals surface area contributed by atoms with Crippen molar-refractivity contribution in [2.24, 2.45) is 0 Å². The van der Waals surface area contributed by atoms with Crippen LogP contribution in [0.3, 0.4) is 0 Å². The molecule has 0 amide bonds. The third kappa shape index (κ3) is 3.90. The Morgan fingerprint density at radius 2 is 1.81 bits per heavy atom. The molecule has 0 aliphatic carbocycles. The van der Waals surface area contributed by atoms with E-state index < -0.39 is 0 Å². The Labute approximate surface area is 95.9 Å². The van der Waals surface area contributed by atoms with Gasteiger partial charge in [-0.25, -0.2) is 0 Å². The van der Waals surface area contributed by atoms with Crippen molar-refractivity contribution in [3.63, 3.8) is 0 Å². The van der Waals surface area contributed by atoms with Gasteiger partial charge in [0.15, 0.2) is 0 Å². The van der Waals surface area contributed by atoms with Gasteiger partial charge >= 0.3 is 0 Å². The van der Waals surface area contributed by atoms with E-state index in [9.17, 15) is 0 Å². The number of hydrogen-bond donors (Lipinski definition) is 2. The van der Waals surface area contributed by atoms with Crippen molar-refractivity contribution >= 4 is 0 Å². The van der Waals surface area contributed by atoms with Crippen LogP contribution in [-0.2, 0) is 16.1 Å². The van der Waals surface area contributed by atoms with Gasteiger partial charge in [0.2, 0.25) is 0 Å². The molecule has 1 aliphatic rings. The maximum absolute atomic E-state index is 5.59. The van der Waals surface area contributed by atoms with Crippen LogP contribution >= 0.6 is 0 Å². The monoisotopic (exact) mass is 222 g/mol. The molecule has 16 heavy (non-hydrogen) atoms. The summed E-state index contributed by atoms with van der Waals surface area (Å²) in [5.41, 5.74) is 7.25. The predicted molar refractivity (Wildman–Crippen MR) is 61.8 cm³/mol. The van der Waals surface area contributed by atoms with Gasteiger partial charge < -0.3 is 9.47 Å². The molecule has 1 aromatic rings. The maximum atomic E-state index is 5.59. The van der Waals surface area contributed by atoms with Crippen molar-refractivity contribution in [1.29, 1.82) is 0 Å². The summed E-state index contributed by atoms with van der Waals surface area (Å²) in [6.07, 6.45) is 0.278. The Morgan fingerprint density at radius 3 is 2.56 bits per heavy atom. The lowest BCUT2D eigenvalue weighted by Gasteiger charge is -2.09. The lowest BCUT2D eigenvalue weighted by molar-refractivity contribution is 0.0121. The van der Waals surface area contributed by atoms with Crippen LogP contribution in [0.1, 0.15) is 5.56 Å². The molecule has 2 rings (SSSR count). The highest BCUT2D eigenvalue weighted by Crippen LogP contribution is 2.00. The Kier molecular flexibility index (Phi) is 4.76. The molecule has 0 aromatic heterocycles. The SMILES string of the molecule is c1ccc(COCCOC2CNNC2)cc1. The first kappa shape index (κ1) is 11.5. The molecule has 0 bridgehead atoms. The molecule has 1 aromatic carbocycles. The van der Waals surface area contributed by atoms with Gasteiger partial charge in [-0.1, -0.05) is 30.3 Å². The van der Waals surface area contributed by atoms with Crippen molar-refractivity contribution in [3.05, 3.63) is 35.9 Å². The highest BCUT2D eigenvalue weighted by Gasteiger charge is 2.13. The van der Waals surface area contributed by atoms with Gasteiger partial charge in [0.1, 0.15) is 0 Å². The van der Waals surface area contributed by atoms with E-state index in [1.54, 1.807) is 0 Å². The fraction of sp³-hybridized carbons (Fsp3) is 0.500. The summed E-state index contributed by atoms with van der Waals surface area (Å²) in [6, 6.07) is 10.2. The molecule has 1 aliphatic heterocycles. The molecule has 1 saturated heterocycles. The lowest BCUT2D eigenvalue weighted by Crippen LogP contribution is -2.21. The van der Waals surface area contributed by atoms with Gasteiger partial charge in [0, 0.05) is 13.1 Å². The van der Waals surface area contributed by atoms with E-state index in [0.717, 1.165) is 13.1 Å². The maximum Gasteiger partial charge on any atom is 0.0852 e. The van der Waals surface area contributed by atoms with Crippen LogP contribution in [0.5, 0.6) is 0 Å². The highest BCUT2D eigenvalue weighted by molar-refractivity contribution is 5.13. The van der Waals surface area contributed by atoms with Crippen LogP contribution in [0.2, 0.25) is 0 Å². The number of nitrogens with one attached hydrogen (secondary N) is 2. The summed E-state index contributed by atoms with van der Waals surface area (Å²) >= 11 is 0. The van der Waals surface area contributed by atoms with E-state index in [4.69, 9.17) is 9.47 Å². The first-order valence-electron chi connectivity index (χ1n) is 5.64.